The normalized spacial score (nSPS) is 28.7. The zero-order valence-electron chi connectivity index (χ0n) is 20.4. The Hall–Kier alpha value is -2.80. The summed E-state index contributed by atoms with van der Waals surface area (Å²) in [5, 5.41) is 20.2. The van der Waals surface area contributed by atoms with Crippen LogP contribution in [-0.2, 0) is 30.3 Å². The van der Waals surface area contributed by atoms with Crippen LogP contribution in [0.2, 0.25) is 0 Å². The number of aryl methyl sites for hydroxylation is 1. The molecule has 212 valence electrons. The standard InChI is InChI=1S/C20H26N7O10PS/c1-8-4-26(20(32)25-17(8)30)13-2-9(29)12(36-13)6-34-38(33,39)37-10-3-14(35-11(10)5-28)27-7-22-15-16(27)23-19(21)24-18(15)31/h4,7,9-14,28-29H,2-3,5-6H2,1H3,(H,33,39)(H,25,30,32)(H3,21,23,24,31)/t9-,10-,11+,12+,13+,14+,38?/m0/s1. The summed E-state index contributed by atoms with van der Waals surface area (Å²) in [7, 11) is 0. The van der Waals surface area contributed by atoms with Gasteiger partial charge in [0, 0.05) is 24.6 Å². The van der Waals surface area contributed by atoms with E-state index >= 15 is 0 Å². The first kappa shape index (κ1) is 27.8. The fraction of sp³-hybridized carbons (Fsp3) is 0.550. The van der Waals surface area contributed by atoms with Crippen molar-refractivity contribution in [2.75, 3.05) is 18.9 Å². The number of aliphatic hydroxyl groups excluding tert-OH is 2. The Labute approximate surface area is 223 Å². The Morgan fingerprint density at radius 2 is 1.90 bits per heavy atom. The summed E-state index contributed by atoms with van der Waals surface area (Å²) < 4.78 is 25.2. The Bertz CT molecular complexity index is 1600. The molecule has 0 saturated carbocycles. The van der Waals surface area contributed by atoms with Gasteiger partial charge in [-0.2, -0.15) is 4.98 Å². The highest BCUT2D eigenvalue weighted by Crippen LogP contribution is 2.49. The summed E-state index contributed by atoms with van der Waals surface area (Å²) >= 11 is 5.14. The van der Waals surface area contributed by atoms with Crippen molar-refractivity contribution in [3.8, 4) is 0 Å². The van der Waals surface area contributed by atoms with Gasteiger partial charge in [0.15, 0.2) is 11.2 Å². The largest absolute Gasteiger partial charge is 0.394 e. The van der Waals surface area contributed by atoms with Gasteiger partial charge in [-0.25, -0.2) is 9.78 Å². The summed E-state index contributed by atoms with van der Waals surface area (Å²) in [5.41, 5.74) is 4.39. The van der Waals surface area contributed by atoms with E-state index < -0.39 is 67.0 Å². The molecular formula is C20H26N7O10PS. The lowest BCUT2D eigenvalue weighted by molar-refractivity contribution is -0.0521. The number of fused-ring (bicyclic) bond motifs is 1. The van der Waals surface area contributed by atoms with Crippen molar-refractivity contribution in [3.05, 3.63) is 49.3 Å². The highest BCUT2D eigenvalue weighted by molar-refractivity contribution is 8.07. The molecule has 5 rings (SSSR count). The Kier molecular flexibility index (Phi) is 7.57. The maximum atomic E-state index is 12.2. The first-order valence-corrected chi connectivity index (χ1v) is 14.3. The average Bonchev–Trinajstić information content (AvgIpc) is 3.56. The van der Waals surface area contributed by atoms with E-state index in [1.165, 1.54) is 24.0 Å². The number of nitrogens with zero attached hydrogens (tertiary/aromatic N) is 4. The van der Waals surface area contributed by atoms with E-state index in [1.54, 1.807) is 0 Å². The number of anilines is 1. The van der Waals surface area contributed by atoms with Crippen LogP contribution in [0.15, 0.2) is 26.9 Å². The molecule has 3 aromatic heterocycles. The first-order chi connectivity index (χ1) is 18.5. The number of imidazole rings is 1. The monoisotopic (exact) mass is 587 g/mol. The smallest absolute Gasteiger partial charge is 0.330 e. The minimum atomic E-state index is -3.93. The second kappa shape index (κ2) is 10.6. The molecule has 39 heavy (non-hydrogen) atoms. The highest BCUT2D eigenvalue weighted by atomic mass is 32.5. The van der Waals surface area contributed by atoms with Crippen molar-refractivity contribution >= 4 is 35.6 Å². The number of nitrogens with two attached hydrogens (primary N) is 1. The molecule has 0 amide bonds. The molecule has 2 aliphatic heterocycles. The summed E-state index contributed by atoms with van der Waals surface area (Å²) in [6.07, 6.45) is -2.70. The number of H-pyrrole nitrogens is 2. The molecule has 7 atom stereocenters. The van der Waals surface area contributed by atoms with Crippen LogP contribution >= 0.6 is 6.72 Å². The number of aliphatic hydroxyl groups is 2. The molecule has 0 aliphatic carbocycles. The highest BCUT2D eigenvalue weighted by Gasteiger charge is 2.42. The quantitative estimate of drug-likeness (QED) is 0.158. The van der Waals surface area contributed by atoms with Gasteiger partial charge in [0.25, 0.3) is 11.1 Å². The Balaban J connectivity index is 1.23. The van der Waals surface area contributed by atoms with Gasteiger partial charge in [-0.15, -0.1) is 0 Å². The summed E-state index contributed by atoms with van der Waals surface area (Å²) in [5.74, 6) is -0.114. The third-order valence-corrected chi connectivity index (χ3v) is 8.04. The fourth-order valence-corrected chi connectivity index (χ4v) is 5.98. The van der Waals surface area contributed by atoms with E-state index in [9.17, 15) is 29.5 Å². The predicted molar refractivity (Wildman–Crippen MR) is 136 cm³/mol. The van der Waals surface area contributed by atoms with Crippen LogP contribution in [0, 0.1) is 6.92 Å². The van der Waals surface area contributed by atoms with E-state index in [0.717, 1.165) is 4.57 Å². The molecule has 19 heteroatoms. The average molecular weight is 588 g/mol. The SMILES string of the molecule is Cc1cn([C@H]2C[C@H](O)[C@@H](COP(O)(=S)O[C@H]3C[C@H](n4cnc5c(=O)[nH]c(N)nc54)O[C@@H]3CO)O2)c(=O)[nH]c1=O. The third-order valence-electron chi connectivity index (χ3n) is 6.45. The molecule has 0 radical (unpaired) electrons. The number of hydrogen-bond acceptors (Lipinski definition) is 13. The number of nitrogens with one attached hydrogen (secondary N) is 2. The maximum Gasteiger partial charge on any atom is 0.330 e. The van der Waals surface area contributed by atoms with Crippen LogP contribution in [0.1, 0.15) is 30.9 Å². The van der Waals surface area contributed by atoms with Gasteiger partial charge in [0.2, 0.25) is 5.95 Å². The van der Waals surface area contributed by atoms with Gasteiger partial charge < -0.3 is 39.4 Å². The molecule has 0 spiro atoms. The minimum absolute atomic E-state index is 0.0273. The van der Waals surface area contributed by atoms with Gasteiger partial charge in [0.05, 0.1) is 31.7 Å². The lowest BCUT2D eigenvalue weighted by Crippen LogP contribution is -2.33. The van der Waals surface area contributed by atoms with Gasteiger partial charge in [-0.3, -0.25) is 28.7 Å². The Morgan fingerprint density at radius 1 is 1.18 bits per heavy atom. The summed E-state index contributed by atoms with van der Waals surface area (Å²) in [6, 6.07) is 0. The van der Waals surface area contributed by atoms with E-state index in [-0.39, 0.29) is 42.1 Å². The van der Waals surface area contributed by atoms with Gasteiger partial charge in [0.1, 0.15) is 24.7 Å². The van der Waals surface area contributed by atoms with E-state index in [2.05, 4.69) is 19.9 Å². The number of hydrogen-bond donors (Lipinski definition) is 6. The molecule has 0 aromatic carbocycles. The van der Waals surface area contributed by atoms with Crippen LogP contribution in [0.4, 0.5) is 5.95 Å². The van der Waals surface area contributed by atoms with Crippen LogP contribution < -0.4 is 22.5 Å². The van der Waals surface area contributed by atoms with Crippen LogP contribution in [0.25, 0.3) is 11.2 Å². The van der Waals surface area contributed by atoms with Crippen molar-refractivity contribution in [3.63, 3.8) is 0 Å². The van der Waals surface area contributed by atoms with Crippen LogP contribution in [0.5, 0.6) is 0 Å². The van der Waals surface area contributed by atoms with Crippen molar-refractivity contribution in [2.24, 2.45) is 0 Å². The van der Waals surface area contributed by atoms with Crippen molar-refractivity contribution in [1.29, 1.82) is 0 Å². The van der Waals surface area contributed by atoms with Gasteiger partial charge in [-0.05, 0) is 18.7 Å². The van der Waals surface area contributed by atoms with E-state index in [1.807, 2.05) is 0 Å². The van der Waals surface area contributed by atoms with Crippen LogP contribution in [-0.4, -0.2) is 81.8 Å². The molecule has 5 heterocycles. The minimum Gasteiger partial charge on any atom is -0.394 e. The molecule has 0 bridgehead atoms. The number of rotatable bonds is 8. The van der Waals surface area contributed by atoms with Crippen molar-refractivity contribution in [1.82, 2.24) is 29.1 Å². The second-order valence-electron chi connectivity index (χ2n) is 9.14. The molecular weight excluding hydrogens is 561 g/mol. The van der Waals surface area contributed by atoms with Crippen molar-refractivity contribution < 1.29 is 33.6 Å². The molecule has 17 nitrogen and oxygen atoms in total. The predicted octanol–water partition coefficient (Wildman–Crippen LogP) is -1.89. The zero-order valence-corrected chi connectivity index (χ0v) is 22.1. The van der Waals surface area contributed by atoms with E-state index in [4.69, 9.17) is 36.1 Å². The molecule has 7 N–H and O–H groups in total. The molecule has 1 unspecified atom stereocenters. The first-order valence-electron chi connectivity index (χ1n) is 11.8. The Morgan fingerprint density at radius 3 is 2.64 bits per heavy atom. The lowest BCUT2D eigenvalue weighted by Gasteiger charge is -2.24. The summed E-state index contributed by atoms with van der Waals surface area (Å²) in [6.45, 7) is -3.24. The zero-order chi connectivity index (χ0) is 28.1. The topological polar surface area (TPSA) is 242 Å². The molecule has 2 fully saturated rings. The fourth-order valence-electron chi connectivity index (χ4n) is 4.51. The molecule has 3 aromatic rings. The van der Waals surface area contributed by atoms with E-state index in [0.29, 0.717) is 0 Å². The second-order valence-corrected chi connectivity index (χ2v) is 11.9. The van der Waals surface area contributed by atoms with Gasteiger partial charge >= 0.3 is 12.4 Å². The number of ether oxygens (including phenoxy) is 2. The molecule has 2 saturated heterocycles. The van der Waals surface area contributed by atoms with Crippen LogP contribution in [0.3, 0.4) is 0 Å². The third kappa shape index (κ3) is 5.60. The maximum absolute atomic E-state index is 12.2. The van der Waals surface area contributed by atoms with Gasteiger partial charge in [-0.1, -0.05) is 0 Å². The number of aromatic nitrogens is 6. The lowest BCUT2D eigenvalue weighted by atomic mass is 10.2. The van der Waals surface area contributed by atoms with Crippen molar-refractivity contribution in [2.45, 2.75) is 56.6 Å². The number of aromatic amines is 2. The molecule has 2 aliphatic rings. The number of nitrogen functional groups attached to an aromatic ring is 1. The summed E-state index contributed by atoms with van der Waals surface area (Å²) in [4.78, 5) is 59.2.